The van der Waals surface area contributed by atoms with Crippen LogP contribution in [-0.2, 0) is 23.9 Å². The van der Waals surface area contributed by atoms with Crippen molar-refractivity contribution in [2.45, 2.75) is 36.0 Å². The lowest BCUT2D eigenvalue weighted by Gasteiger charge is -2.26. The number of ether oxygens (including phenoxy) is 1. The van der Waals surface area contributed by atoms with Gasteiger partial charge in [0.1, 0.15) is 0 Å². The Bertz CT molecular complexity index is 592. The fourth-order valence-electron chi connectivity index (χ4n) is 1.10. The average molecular weight is 426 g/mol. The Labute approximate surface area is 139 Å². The van der Waals surface area contributed by atoms with E-state index in [-0.39, 0.29) is 0 Å². The molecule has 0 aliphatic rings. The van der Waals surface area contributed by atoms with Crippen molar-refractivity contribution in [2.75, 3.05) is 0 Å². The summed E-state index contributed by atoms with van der Waals surface area (Å²) in [5.41, 5.74) is 0. The van der Waals surface area contributed by atoms with Crippen LogP contribution in [-0.4, -0.2) is 70.1 Å². The average Bonchev–Trinajstić information content (AvgIpc) is 2.51. The van der Waals surface area contributed by atoms with Gasteiger partial charge >= 0.3 is 47.6 Å². The van der Waals surface area contributed by atoms with E-state index in [1.165, 1.54) is 0 Å². The molecule has 0 amide bonds. The summed E-state index contributed by atoms with van der Waals surface area (Å²) >= 11 is 0. The Morgan fingerprint density at radius 2 is 0.852 bits per heavy atom. The smallest absolute Gasteiger partial charge is 0.407 e. The van der Waals surface area contributed by atoms with Gasteiger partial charge in [-0.15, -0.1) is 0 Å². The zero-order valence-corrected chi connectivity index (χ0v) is 11.9. The van der Waals surface area contributed by atoms with E-state index < -0.39 is 59.9 Å². The third kappa shape index (κ3) is 4.05. The number of esters is 2. The molecule has 156 valence electrons. The van der Waals surface area contributed by atoms with Crippen molar-refractivity contribution in [2.24, 2.45) is 0 Å². The molecule has 0 aliphatic carbocycles. The molecule has 0 saturated heterocycles. The second-order valence-corrected chi connectivity index (χ2v) is 4.47. The molecule has 2 unspecified atom stereocenters. The minimum Gasteiger partial charge on any atom is -0.477 e. The minimum absolute atomic E-state index is 2.66. The van der Waals surface area contributed by atoms with Gasteiger partial charge in [0.2, 0.25) is 0 Å². The summed E-state index contributed by atoms with van der Waals surface area (Å²) in [4.78, 5) is 41.3. The number of carbonyl (C=O) groups is 4. The van der Waals surface area contributed by atoms with Gasteiger partial charge in [-0.1, -0.05) is 0 Å². The van der Waals surface area contributed by atoms with Gasteiger partial charge in [-0.25, -0.2) is 28.0 Å². The molecule has 0 rings (SSSR count). The first-order valence-electron chi connectivity index (χ1n) is 5.77. The van der Waals surface area contributed by atoms with Crippen molar-refractivity contribution >= 4 is 23.9 Å². The lowest BCUT2D eigenvalue weighted by molar-refractivity contribution is -0.250. The lowest BCUT2D eigenvalue weighted by Crippen LogP contribution is -2.57. The van der Waals surface area contributed by atoms with Crippen LogP contribution in [0.3, 0.4) is 0 Å². The molecule has 27 heavy (non-hydrogen) atoms. The highest BCUT2D eigenvalue weighted by atomic mass is 19.3. The van der Waals surface area contributed by atoms with Gasteiger partial charge < -0.3 is 14.9 Å². The van der Waals surface area contributed by atoms with E-state index in [9.17, 15) is 63.1 Å². The number of carboxylic acid groups (broad SMARTS) is 2. The van der Waals surface area contributed by atoms with Gasteiger partial charge in [-0.2, -0.15) is 35.1 Å². The van der Waals surface area contributed by atoms with E-state index in [0.29, 0.717) is 0 Å². The van der Waals surface area contributed by atoms with E-state index in [4.69, 9.17) is 10.2 Å². The van der Waals surface area contributed by atoms with Crippen LogP contribution in [0.5, 0.6) is 0 Å². The summed E-state index contributed by atoms with van der Waals surface area (Å²) in [6, 6.07) is 0. The largest absolute Gasteiger partial charge is 0.477 e. The fraction of sp³-hybridized carbons (Fsp3) is 0.600. The highest BCUT2D eigenvalue weighted by Gasteiger charge is 2.71. The minimum atomic E-state index is -6.45. The molecule has 0 radical (unpaired) electrons. The molecule has 7 nitrogen and oxygen atoms in total. The molecule has 17 heteroatoms. The van der Waals surface area contributed by atoms with Crippen LogP contribution in [0, 0.1) is 0 Å². The van der Waals surface area contributed by atoms with Crippen LogP contribution >= 0.6 is 0 Å². The molecular weight excluding hydrogens is 422 g/mol. The predicted molar refractivity (Wildman–Crippen MR) is 56.0 cm³/mol. The standard InChI is InChI=1S/C10H4F10O7/c11-1(7(13,14)9(17,18)5(23)24)3(21)27-4(22)2(12)8(15,16)10(19,20)6(25)26/h1-2H,(H,23,24)(H,25,26). The van der Waals surface area contributed by atoms with Gasteiger partial charge in [0.25, 0.3) is 12.3 Å². The molecular formula is C10H4F10O7. The first-order chi connectivity index (χ1) is 11.8. The van der Waals surface area contributed by atoms with Gasteiger partial charge in [0.15, 0.2) is 0 Å². The lowest BCUT2D eigenvalue weighted by atomic mass is 10.1. The number of rotatable bonds is 8. The predicted octanol–water partition coefficient (Wildman–Crippen LogP) is 1.44. The number of aliphatic carboxylic acids is 2. The maximum absolute atomic E-state index is 13.0. The van der Waals surface area contributed by atoms with Crippen molar-refractivity contribution in [1.29, 1.82) is 0 Å². The molecule has 2 atom stereocenters. The number of hydrogen-bond donors (Lipinski definition) is 2. The molecule has 0 bridgehead atoms. The SMILES string of the molecule is O=C(OC(=O)C(F)C(F)(F)C(F)(F)C(=O)O)C(F)C(F)(F)C(F)(F)C(=O)O. The highest BCUT2D eigenvalue weighted by Crippen LogP contribution is 2.41. The zero-order valence-electron chi connectivity index (χ0n) is 11.9. The van der Waals surface area contributed by atoms with Gasteiger partial charge in [-0.05, 0) is 0 Å². The maximum Gasteiger partial charge on any atom is 0.407 e. The Balaban J connectivity index is 5.51. The summed E-state index contributed by atoms with van der Waals surface area (Å²) < 4.78 is 131. The van der Waals surface area contributed by atoms with Crippen molar-refractivity contribution < 1.29 is 78.0 Å². The second-order valence-electron chi connectivity index (χ2n) is 4.47. The molecule has 0 saturated carbocycles. The first kappa shape index (κ1) is 24.4. The number of hydrogen-bond acceptors (Lipinski definition) is 5. The van der Waals surface area contributed by atoms with Crippen molar-refractivity contribution in [3.63, 3.8) is 0 Å². The highest BCUT2D eigenvalue weighted by molar-refractivity contribution is 5.92. The van der Waals surface area contributed by atoms with Crippen molar-refractivity contribution in [3.05, 3.63) is 0 Å². The Hall–Kier alpha value is -2.62. The van der Waals surface area contributed by atoms with E-state index in [2.05, 4.69) is 4.74 Å². The van der Waals surface area contributed by atoms with Crippen LogP contribution in [0.4, 0.5) is 43.9 Å². The van der Waals surface area contributed by atoms with Crippen LogP contribution in [0.2, 0.25) is 0 Å². The van der Waals surface area contributed by atoms with E-state index in [1.807, 2.05) is 0 Å². The molecule has 0 aromatic heterocycles. The number of halogens is 10. The summed E-state index contributed by atoms with van der Waals surface area (Å²) in [6.07, 6.45) is -10.1. The zero-order chi connectivity index (χ0) is 22.2. The summed E-state index contributed by atoms with van der Waals surface area (Å²) in [5.74, 6) is -39.9. The summed E-state index contributed by atoms with van der Waals surface area (Å²) in [6.45, 7) is 0. The van der Waals surface area contributed by atoms with E-state index >= 15 is 0 Å². The Morgan fingerprint density at radius 1 is 0.630 bits per heavy atom. The van der Waals surface area contributed by atoms with Crippen LogP contribution in [0.1, 0.15) is 0 Å². The molecule has 0 aromatic rings. The topological polar surface area (TPSA) is 118 Å². The van der Waals surface area contributed by atoms with E-state index in [1.54, 1.807) is 0 Å². The molecule has 0 aliphatic heterocycles. The molecule has 0 heterocycles. The number of carbonyl (C=O) groups excluding carboxylic acids is 2. The normalized spacial score (nSPS) is 15.6. The molecule has 0 spiro atoms. The molecule has 2 N–H and O–H groups in total. The quantitative estimate of drug-likeness (QED) is 0.343. The number of alkyl halides is 10. The maximum atomic E-state index is 13.0. The number of carboxylic acids is 2. The van der Waals surface area contributed by atoms with E-state index in [0.717, 1.165) is 0 Å². The van der Waals surface area contributed by atoms with Crippen molar-refractivity contribution in [3.8, 4) is 0 Å². The molecule has 0 fully saturated rings. The third-order valence-corrected chi connectivity index (χ3v) is 2.63. The molecule has 0 aromatic carbocycles. The van der Waals surface area contributed by atoms with Gasteiger partial charge in [-0.3, -0.25) is 0 Å². The van der Waals surface area contributed by atoms with Gasteiger partial charge in [0, 0.05) is 0 Å². The van der Waals surface area contributed by atoms with Crippen molar-refractivity contribution in [1.82, 2.24) is 0 Å². The summed E-state index contributed by atoms with van der Waals surface area (Å²) in [5, 5.41) is 15.6. The van der Waals surface area contributed by atoms with Crippen LogP contribution in [0.15, 0.2) is 0 Å². The summed E-state index contributed by atoms with van der Waals surface area (Å²) in [7, 11) is 0. The monoisotopic (exact) mass is 426 g/mol. The van der Waals surface area contributed by atoms with Crippen LogP contribution in [0.25, 0.3) is 0 Å². The Morgan fingerprint density at radius 3 is 1.04 bits per heavy atom. The fourth-order valence-corrected chi connectivity index (χ4v) is 1.10. The Kier molecular flexibility index (Phi) is 6.48. The second kappa shape index (κ2) is 7.18. The van der Waals surface area contributed by atoms with Gasteiger partial charge in [0.05, 0.1) is 0 Å². The first-order valence-corrected chi connectivity index (χ1v) is 5.77. The van der Waals surface area contributed by atoms with Crippen LogP contribution < -0.4 is 0 Å². The third-order valence-electron chi connectivity index (χ3n) is 2.63.